The minimum atomic E-state index is 0. The summed E-state index contributed by atoms with van der Waals surface area (Å²) in [5.41, 5.74) is 4.39. The van der Waals surface area contributed by atoms with Gasteiger partial charge in [0, 0.05) is 32.5 Å². The number of nitrogens with zero attached hydrogens (tertiary/aromatic N) is 2. The molecule has 1 radical (unpaired) electrons. The fraction of sp³-hybridized carbons (Fsp3) is 0.0476. The van der Waals surface area contributed by atoms with Crippen LogP contribution in [0.3, 0.4) is 0 Å². The van der Waals surface area contributed by atoms with Crippen molar-refractivity contribution in [2.75, 3.05) is 0 Å². The van der Waals surface area contributed by atoms with Crippen molar-refractivity contribution in [2.24, 2.45) is 0 Å². The number of rotatable bonds is 2. The van der Waals surface area contributed by atoms with Crippen molar-refractivity contribution in [2.45, 2.75) is 6.92 Å². The molecular formula is C21H17IrN2S-. The molecule has 0 atom stereocenters. The zero-order valence-electron chi connectivity index (χ0n) is 13.7. The van der Waals surface area contributed by atoms with Crippen LogP contribution in [0.25, 0.3) is 21.8 Å². The summed E-state index contributed by atoms with van der Waals surface area (Å²) < 4.78 is 0. The topological polar surface area (TPSA) is 25.8 Å². The molecule has 0 spiro atoms. The van der Waals surface area contributed by atoms with Gasteiger partial charge in [-0.1, -0.05) is 18.2 Å². The molecule has 25 heavy (non-hydrogen) atoms. The van der Waals surface area contributed by atoms with E-state index < -0.39 is 0 Å². The third-order valence-corrected chi connectivity index (χ3v) is 4.45. The standard InChI is InChI=1S/C11H8N.C10H9NS.Ir/c1-2-6-10(7-3-1)11-8-4-5-9-12-11;1-8-5-7-12-10(8)9-4-2-3-6-11-9;/h1-6,8-9H;2-7H,1H3;/q-1;;. The van der Waals surface area contributed by atoms with Crippen LogP contribution in [0.1, 0.15) is 5.56 Å². The minimum Gasteiger partial charge on any atom is -0.305 e. The van der Waals surface area contributed by atoms with Gasteiger partial charge in [0.2, 0.25) is 0 Å². The molecule has 3 heterocycles. The molecule has 0 fully saturated rings. The van der Waals surface area contributed by atoms with Crippen LogP contribution in [0.4, 0.5) is 0 Å². The first-order valence-electron chi connectivity index (χ1n) is 7.68. The van der Waals surface area contributed by atoms with Gasteiger partial charge in [-0.25, -0.2) is 0 Å². The normalized spacial score (nSPS) is 9.48. The van der Waals surface area contributed by atoms with Crippen LogP contribution in [0, 0.1) is 13.0 Å². The van der Waals surface area contributed by atoms with E-state index >= 15 is 0 Å². The smallest absolute Gasteiger partial charge is 0.0804 e. The molecule has 0 N–H and O–H groups in total. The summed E-state index contributed by atoms with van der Waals surface area (Å²) in [7, 11) is 0. The Kier molecular flexibility index (Phi) is 7.68. The number of benzene rings is 1. The van der Waals surface area contributed by atoms with Crippen molar-refractivity contribution in [3.8, 4) is 21.8 Å². The van der Waals surface area contributed by atoms with Gasteiger partial charge in [0.25, 0.3) is 0 Å². The Labute approximate surface area is 166 Å². The van der Waals surface area contributed by atoms with Crippen molar-refractivity contribution in [1.82, 2.24) is 9.97 Å². The average molecular weight is 522 g/mol. The molecule has 3 aromatic heterocycles. The molecule has 0 unspecified atom stereocenters. The number of pyridine rings is 2. The van der Waals surface area contributed by atoms with Gasteiger partial charge in [0.15, 0.2) is 0 Å². The van der Waals surface area contributed by atoms with Crippen molar-refractivity contribution < 1.29 is 20.1 Å². The average Bonchev–Trinajstić information content (AvgIpc) is 3.10. The van der Waals surface area contributed by atoms with Crippen molar-refractivity contribution in [1.29, 1.82) is 0 Å². The Morgan fingerprint density at radius 2 is 1.48 bits per heavy atom. The molecule has 0 saturated heterocycles. The third kappa shape index (κ3) is 5.43. The first-order valence-corrected chi connectivity index (χ1v) is 8.56. The van der Waals surface area contributed by atoms with E-state index in [0.717, 1.165) is 17.0 Å². The molecular weight excluding hydrogens is 505 g/mol. The summed E-state index contributed by atoms with van der Waals surface area (Å²) in [4.78, 5) is 9.78. The quantitative estimate of drug-likeness (QED) is 0.318. The maximum atomic E-state index is 4.29. The first-order chi connectivity index (χ1) is 11.8. The summed E-state index contributed by atoms with van der Waals surface area (Å²) in [5.74, 6) is 0. The number of hydrogen-bond acceptors (Lipinski definition) is 3. The molecule has 0 aliphatic rings. The Morgan fingerprint density at radius 3 is 2.00 bits per heavy atom. The second-order valence-corrected chi connectivity index (χ2v) is 6.06. The van der Waals surface area contributed by atoms with Crippen LogP contribution in [0.2, 0.25) is 0 Å². The second kappa shape index (κ2) is 10.00. The van der Waals surface area contributed by atoms with Crippen molar-refractivity contribution in [3.05, 3.63) is 96.1 Å². The van der Waals surface area contributed by atoms with Gasteiger partial charge in [0.05, 0.1) is 10.6 Å². The van der Waals surface area contributed by atoms with Crippen molar-refractivity contribution in [3.63, 3.8) is 0 Å². The summed E-state index contributed by atoms with van der Waals surface area (Å²) >= 11 is 1.74. The molecule has 2 nitrogen and oxygen atoms in total. The summed E-state index contributed by atoms with van der Waals surface area (Å²) in [6, 6.07) is 24.9. The molecule has 4 rings (SSSR count). The Balaban J connectivity index is 0.000000173. The van der Waals surface area contributed by atoms with Gasteiger partial charge in [-0.15, -0.1) is 47.2 Å². The van der Waals surface area contributed by atoms with Crippen LogP contribution in [-0.2, 0) is 20.1 Å². The van der Waals surface area contributed by atoms with E-state index in [1.807, 2.05) is 66.9 Å². The van der Waals surface area contributed by atoms with Crippen LogP contribution >= 0.6 is 11.3 Å². The van der Waals surface area contributed by atoms with Gasteiger partial charge in [0.1, 0.15) is 0 Å². The van der Waals surface area contributed by atoms with E-state index in [1.165, 1.54) is 10.4 Å². The van der Waals surface area contributed by atoms with Crippen molar-refractivity contribution >= 4 is 11.3 Å². The van der Waals surface area contributed by atoms with Crippen LogP contribution in [0.5, 0.6) is 0 Å². The fourth-order valence-electron chi connectivity index (χ4n) is 2.21. The van der Waals surface area contributed by atoms with Crippen LogP contribution < -0.4 is 0 Å². The minimum absolute atomic E-state index is 0. The maximum Gasteiger partial charge on any atom is 0.0804 e. The zero-order valence-corrected chi connectivity index (χ0v) is 16.9. The number of hydrogen-bond donors (Lipinski definition) is 0. The van der Waals surface area contributed by atoms with E-state index in [-0.39, 0.29) is 20.1 Å². The monoisotopic (exact) mass is 522 g/mol. The van der Waals surface area contributed by atoms with Gasteiger partial charge in [-0.2, -0.15) is 0 Å². The van der Waals surface area contributed by atoms with Gasteiger partial charge < -0.3 is 4.98 Å². The SMILES string of the molecule is Cc1ccsc1-c1ccccn1.[Ir].[c-]1ccccc1-c1ccccn1. The van der Waals surface area contributed by atoms with E-state index in [4.69, 9.17) is 0 Å². The predicted octanol–water partition coefficient (Wildman–Crippen LogP) is 5.66. The second-order valence-electron chi connectivity index (χ2n) is 5.14. The zero-order chi connectivity index (χ0) is 16.6. The molecule has 0 bridgehead atoms. The molecule has 0 aliphatic heterocycles. The van der Waals surface area contributed by atoms with Crippen LogP contribution in [0.15, 0.2) is 84.5 Å². The maximum absolute atomic E-state index is 4.29. The molecule has 4 aromatic rings. The Morgan fingerprint density at radius 1 is 0.800 bits per heavy atom. The Hall–Kier alpha value is -2.13. The molecule has 0 aliphatic carbocycles. The van der Waals surface area contributed by atoms with Crippen LogP contribution in [-0.4, -0.2) is 9.97 Å². The number of aromatic nitrogens is 2. The third-order valence-electron chi connectivity index (χ3n) is 3.41. The largest absolute Gasteiger partial charge is 0.305 e. The molecule has 0 saturated carbocycles. The van der Waals surface area contributed by atoms with E-state index in [2.05, 4.69) is 34.4 Å². The van der Waals surface area contributed by atoms with E-state index in [0.29, 0.717) is 0 Å². The molecule has 4 heteroatoms. The summed E-state index contributed by atoms with van der Waals surface area (Å²) in [6.07, 6.45) is 3.62. The molecule has 1 aromatic carbocycles. The Bertz CT molecular complexity index is 825. The van der Waals surface area contributed by atoms with Gasteiger partial charge in [-0.05, 0) is 47.8 Å². The van der Waals surface area contributed by atoms with E-state index in [9.17, 15) is 0 Å². The summed E-state index contributed by atoms with van der Waals surface area (Å²) in [5, 5.41) is 2.10. The van der Waals surface area contributed by atoms with Gasteiger partial charge in [-0.3, -0.25) is 4.98 Å². The molecule has 127 valence electrons. The van der Waals surface area contributed by atoms with E-state index in [1.54, 1.807) is 17.5 Å². The number of thiophene rings is 1. The first kappa shape index (κ1) is 19.2. The summed E-state index contributed by atoms with van der Waals surface area (Å²) in [6.45, 7) is 2.11. The predicted molar refractivity (Wildman–Crippen MR) is 101 cm³/mol. The number of aryl methyl sites for hydroxylation is 1. The molecule has 0 amide bonds. The van der Waals surface area contributed by atoms with Gasteiger partial charge >= 0.3 is 0 Å². The fourth-order valence-corrected chi connectivity index (χ4v) is 3.11.